The largest absolute Gasteiger partial charge is 0.508 e. The van der Waals surface area contributed by atoms with E-state index >= 15 is 0 Å². The normalized spacial score (nSPS) is 17.8. The van der Waals surface area contributed by atoms with Gasteiger partial charge in [0.05, 0.1) is 22.1 Å². The van der Waals surface area contributed by atoms with Crippen LogP contribution in [0.4, 0.5) is 0 Å². The lowest BCUT2D eigenvalue weighted by atomic mass is 9.75. The van der Waals surface area contributed by atoms with Gasteiger partial charge in [-0.2, -0.15) is 0 Å². The molecule has 5 rings (SSSR count). The molecule has 2 aliphatic rings. The van der Waals surface area contributed by atoms with Crippen molar-refractivity contribution in [3.63, 3.8) is 0 Å². The summed E-state index contributed by atoms with van der Waals surface area (Å²) in [6, 6.07) is 13.4. The van der Waals surface area contributed by atoms with E-state index in [0.717, 1.165) is 6.07 Å². The zero-order chi connectivity index (χ0) is 24.4. The Morgan fingerprint density at radius 2 is 1.62 bits per heavy atom. The van der Waals surface area contributed by atoms with Gasteiger partial charge in [0.1, 0.15) is 23.0 Å². The second-order valence-electron chi connectivity index (χ2n) is 9.19. The van der Waals surface area contributed by atoms with Crippen molar-refractivity contribution in [3.05, 3.63) is 82.4 Å². The number of fused-ring (bicyclic) bond motifs is 6. The van der Waals surface area contributed by atoms with Gasteiger partial charge >= 0.3 is 17.9 Å². The van der Waals surface area contributed by atoms with Crippen molar-refractivity contribution in [2.24, 2.45) is 5.41 Å². The molecule has 1 spiro atoms. The van der Waals surface area contributed by atoms with Crippen molar-refractivity contribution in [3.8, 4) is 23.0 Å². The van der Waals surface area contributed by atoms with Crippen LogP contribution in [0.15, 0.2) is 54.6 Å². The fraction of sp³-hybridized carbons (Fsp3) is 0.192. The highest BCUT2D eigenvalue weighted by Crippen LogP contribution is 2.58. The van der Waals surface area contributed by atoms with Gasteiger partial charge in [-0.25, -0.2) is 9.59 Å². The van der Waals surface area contributed by atoms with E-state index in [4.69, 9.17) is 14.2 Å². The van der Waals surface area contributed by atoms with E-state index in [9.17, 15) is 24.6 Å². The molecule has 0 fully saturated rings. The lowest BCUT2D eigenvalue weighted by Crippen LogP contribution is -2.36. The molecule has 172 valence electrons. The fourth-order valence-electron chi connectivity index (χ4n) is 4.24. The number of ether oxygens (including phenoxy) is 3. The summed E-state index contributed by atoms with van der Waals surface area (Å²) in [4.78, 5) is 38.6. The summed E-state index contributed by atoms with van der Waals surface area (Å²) in [5.74, 6) is -2.66. The van der Waals surface area contributed by atoms with Crippen LogP contribution >= 0.6 is 0 Å². The van der Waals surface area contributed by atoms with E-state index in [-0.39, 0.29) is 39.7 Å². The van der Waals surface area contributed by atoms with Gasteiger partial charge in [-0.1, -0.05) is 18.2 Å². The second-order valence-corrected chi connectivity index (χ2v) is 9.19. The summed E-state index contributed by atoms with van der Waals surface area (Å²) in [5, 5.41) is 20.4. The minimum atomic E-state index is -1.64. The number of carbonyl (C=O) groups excluding carboxylic acids is 3. The molecule has 0 bridgehead atoms. The highest BCUT2D eigenvalue weighted by atomic mass is 16.6. The molecule has 2 heterocycles. The molecule has 1 unspecified atom stereocenters. The van der Waals surface area contributed by atoms with Gasteiger partial charge in [-0.15, -0.1) is 0 Å². The average Bonchev–Trinajstić information content (AvgIpc) is 3.05. The van der Waals surface area contributed by atoms with Crippen LogP contribution in [0.2, 0.25) is 0 Å². The number of phenols is 2. The van der Waals surface area contributed by atoms with Crippen molar-refractivity contribution in [1.29, 1.82) is 0 Å². The molecule has 2 N–H and O–H groups in total. The summed E-state index contributed by atoms with van der Waals surface area (Å²) in [6.07, 6.45) is 0. The topological polar surface area (TPSA) is 119 Å². The molecule has 8 nitrogen and oxygen atoms in total. The van der Waals surface area contributed by atoms with E-state index < -0.39 is 28.9 Å². The van der Waals surface area contributed by atoms with E-state index in [0.29, 0.717) is 11.1 Å². The van der Waals surface area contributed by atoms with Crippen LogP contribution in [-0.4, -0.2) is 28.1 Å². The number of rotatable bonds is 1. The summed E-state index contributed by atoms with van der Waals surface area (Å²) in [7, 11) is 0. The number of aromatic hydroxyl groups is 2. The molecular formula is C26H20O8. The van der Waals surface area contributed by atoms with Crippen LogP contribution in [-0.2, 0) is 19.9 Å². The van der Waals surface area contributed by atoms with Crippen molar-refractivity contribution in [2.75, 3.05) is 0 Å². The average molecular weight is 460 g/mol. The van der Waals surface area contributed by atoms with Gasteiger partial charge in [0.2, 0.25) is 0 Å². The number of benzene rings is 3. The Hall–Kier alpha value is -4.33. The quantitative estimate of drug-likeness (QED) is 0.405. The second kappa shape index (κ2) is 7.08. The van der Waals surface area contributed by atoms with Crippen LogP contribution in [0, 0.1) is 5.41 Å². The first kappa shape index (κ1) is 21.5. The molecule has 0 aromatic heterocycles. The maximum atomic E-state index is 13.2. The fourth-order valence-corrected chi connectivity index (χ4v) is 4.24. The van der Waals surface area contributed by atoms with Crippen LogP contribution in [0.1, 0.15) is 58.2 Å². The van der Waals surface area contributed by atoms with E-state index in [1.807, 2.05) is 0 Å². The molecule has 0 saturated heterocycles. The van der Waals surface area contributed by atoms with Gasteiger partial charge in [-0.3, -0.25) is 4.79 Å². The lowest BCUT2D eigenvalue weighted by molar-refractivity contribution is -0.146. The molecule has 3 aromatic carbocycles. The van der Waals surface area contributed by atoms with Crippen LogP contribution in [0.25, 0.3) is 0 Å². The predicted octanol–water partition coefficient (Wildman–Crippen LogP) is 4.40. The Morgan fingerprint density at radius 1 is 0.912 bits per heavy atom. The van der Waals surface area contributed by atoms with Gasteiger partial charge in [0.15, 0.2) is 5.60 Å². The maximum Gasteiger partial charge on any atom is 0.346 e. The minimum Gasteiger partial charge on any atom is -0.508 e. The molecule has 2 aliphatic heterocycles. The summed E-state index contributed by atoms with van der Waals surface area (Å²) in [6.45, 7) is 4.80. The van der Waals surface area contributed by atoms with E-state index in [2.05, 4.69) is 0 Å². The van der Waals surface area contributed by atoms with Crippen molar-refractivity contribution < 1.29 is 38.8 Å². The molecular weight excluding hydrogens is 440 g/mol. The first-order chi connectivity index (χ1) is 16.0. The summed E-state index contributed by atoms with van der Waals surface area (Å²) < 4.78 is 17.0. The van der Waals surface area contributed by atoms with E-state index in [1.165, 1.54) is 24.3 Å². The molecule has 3 aromatic rings. The van der Waals surface area contributed by atoms with Gasteiger partial charge in [0, 0.05) is 23.3 Å². The van der Waals surface area contributed by atoms with Crippen molar-refractivity contribution >= 4 is 17.9 Å². The lowest BCUT2D eigenvalue weighted by Gasteiger charge is -2.37. The Morgan fingerprint density at radius 3 is 2.35 bits per heavy atom. The number of phenolic OH excluding ortho intramolecular Hbond substituents is 2. The molecule has 0 saturated carbocycles. The van der Waals surface area contributed by atoms with Crippen LogP contribution in [0.5, 0.6) is 23.0 Å². The Labute approximate surface area is 194 Å². The standard InChI is InChI=1S/C26H20O8/c1-25(2,3)24(31)33-22(29)16-10-14(28)12-20-21(16)26(18-9-8-13(27)11-19(18)32-20)17-7-5-4-6-15(17)23(30)34-26/h4-12,27-28H,1-3H3. The van der Waals surface area contributed by atoms with Crippen LogP contribution in [0.3, 0.4) is 0 Å². The Balaban J connectivity index is 1.82. The third-order valence-electron chi connectivity index (χ3n) is 5.79. The SMILES string of the molecule is CC(C)(C)C(=O)OC(=O)c1cc(O)cc2c1C1(OC(=O)c3ccccc31)c1ccc(O)cc1O2. The first-order valence-corrected chi connectivity index (χ1v) is 10.5. The highest BCUT2D eigenvalue weighted by molar-refractivity contribution is 6.03. The number of carbonyl (C=O) groups is 3. The number of esters is 3. The molecule has 1 atom stereocenters. The molecule has 8 heteroatoms. The first-order valence-electron chi connectivity index (χ1n) is 10.5. The minimum absolute atomic E-state index is 0.0118. The smallest absolute Gasteiger partial charge is 0.346 e. The monoisotopic (exact) mass is 460 g/mol. The molecule has 0 aliphatic carbocycles. The third-order valence-corrected chi connectivity index (χ3v) is 5.79. The Bertz CT molecular complexity index is 1400. The predicted molar refractivity (Wildman–Crippen MR) is 118 cm³/mol. The molecule has 34 heavy (non-hydrogen) atoms. The maximum absolute atomic E-state index is 13.2. The zero-order valence-electron chi connectivity index (χ0n) is 18.5. The number of hydrogen-bond donors (Lipinski definition) is 2. The van der Waals surface area contributed by atoms with Crippen molar-refractivity contribution in [2.45, 2.75) is 26.4 Å². The van der Waals surface area contributed by atoms with Gasteiger partial charge in [-0.05, 0) is 45.0 Å². The van der Waals surface area contributed by atoms with Crippen molar-refractivity contribution in [1.82, 2.24) is 0 Å². The number of hydrogen-bond acceptors (Lipinski definition) is 8. The van der Waals surface area contributed by atoms with Gasteiger partial charge in [0.25, 0.3) is 0 Å². The van der Waals surface area contributed by atoms with Gasteiger partial charge < -0.3 is 24.4 Å². The Kier molecular flexibility index (Phi) is 4.48. The zero-order valence-corrected chi connectivity index (χ0v) is 18.5. The van der Waals surface area contributed by atoms with Crippen LogP contribution < -0.4 is 4.74 Å². The summed E-state index contributed by atoms with van der Waals surface area (Å²) >= 11 is 0. The molecule has 0 amide bonds. The molecule has 0 radical (unpaired) electrons. The summed E-state index contributed by atoms with van der Waals surface area (Å²) in [5.41, 5.74) is -1.61. The highest BCUT2D eigenvalue weighted by Gasteiger charge is 2.55. The third kappa shape index (κ3) is 3.02. The van der Waals surface area contributed by atoms with E-state index in [1.54, 1.807) is 45.0 Å².